The standard InChI is InChI=1S/C24H31F3N4O5S/c1-16(23(36)30-19-10-9-17(15-37)13-18(19)24(25,26)27)29-21(34)14-28-20(33)7-4-3-5-11-31(2)22(35)8-6-12-32/h6,8-10,12-13,16,37H,3-5,7,11,14-15H2,1-2H3,(H,28,33)(H,29,34)(H,30,36)/b8-6-. The average Bonchev–Trinajstić information content (AvgIpc) is 2.85. The average molecular weight is 545 g/mol. The molecular formula is C24H31F3N4O5S. The monoisotopic (exact) mass is 544 g/mol. The molecule has 0 saturated carbocycles. The van der Waals surface area contributed by atoms with Gasteiger partial charge in [0.1, 0.15) is 12.3 Å². The summed E-state index contributed by atoms with van der Waals surface area (Å²) in [5, 5.41) is 6.91. The first kappa shape index (κ1) is 31.7. The van der Waals surface area contributed by atoms with Crippen LogP contribution >= 0.6 is 12.6 Å². The zero-order valence-electron chi connectivity index (χ0n) is 20.6. The van der Waals surface area contributed by atoms with E-state index in [0.717, 1.165) is 24.3 Å². The molecule has 0 bridgehead atoms. The van der Waals surface area contributed by atoms with Gasteiger partial charge in [0.25, 0.3) is 0 Å². The largest absolute Gasteiger partial charge is 0.418 e. The molecule has 0 aromatic heterocycles. The van der Waals surface area contributed by atoms with E-state index in [0.29, 0.717) is 37.7 Å². The van der Waals surface area contributed by atoms with E-state index in [9.17, 15) is 37.1 Å². The first-order valence-electron chi connectivity index (χ1n) is 11.4. The third kappa shape index (κ3) is 12.0. The van der Waals surface area contributed by atoms with E-state index < -0.39 is 41.8 Å². The number of anilines is 1. The second-order valence-corrected chi connectivity index (χ2v) is 8.47. The van der Waals surface area contributed by atoms with Crippen molar-refractivity contribution in [2.45, 2.75) is 50.6 Å². The van der Waals surface area contributed by atoms with Crippen LogP contribution in [0.4, 0.5) is 18.9 Å². The summed E-state index contributed by atoms with van der Waals surface area (Å²) in [6.07, 6.45) is 0.0550. The highest BCUT2D eigenvalue weighted by Gasteiger charge is 2.34. The van der Waals surface area contributed by atoms with Crippen LogP contribution in [0.5, 0.6) is 0 Å². The van der Waals surface area contributed by atoms with E-state index in [-0.39, 0.29) is 24.0 Å². The molecule has 0 aliphatic rings. The maximum absolute atomic E-state index is 13.3. The number of unbranched alkanes of at least 4 members (excludes halogenated alkanes) is 2. The Labute approximate surface area is 218 Å². The van der Waals surface area contributed by atoms with Crippen LogP contribution in [-0.2, 0) is 35.9 Å². The first-order chi connectivity index (χ1) is 17.4. The van der Waals surface area contributed by atoms with E-state index in [1.165, 1.54) is 17.9 Å². The number of alkyl halides is 3. The summed E-state index contributed by atoms with van der Waals surface area (Å²) in [6, 6.07) is 2.27. The van der Waals surface area contributed by atoms with Crippen LogP contribution in [0.2, 0.25) is 0 Å². The molecule has 0 aliphatic heterocycles. The normalized spacial score (nSPS) is 12.1. The molecular weight excluding hydrogens is 513 g/mol. The number of allylic oxidation sites excluding steroid dienone is 1. The Bertz CT molecular complexity index is 1000. The number of nitrogens with one attached hydrogen (secondary N) is 3. The third-order valence-corrected chi connectivity index (χ3v) is 5.50. The summed E-state index contributed by atoms with van der Waals surface area (Å²) in [5.74, 6) is -2.12. The van der Waals surface area contributed by atoms with Gasteiger partial charge in [-0.2, -0.15) is 25.8 Å². The van der Waals surface area contributed by atoms with Crippen molar-refractivity contribution in [1.82, 2.24) is 15.5 Å². The molecule has 1 unspecified atom stereocenters. The molecule has 0 heterocycles. The summed E-state index contributed by atoms with van der Waals surface area (Å²) in [7, 11) is 1.60. The van der Waals surface area contributed by atoms with Gasteiger partial charge in [-0.15, -0.1) is 0 Å². The van der Waals surface area contributed by atoms with Crippen LogP contribution in [0.1, 0.15) is 43.7 Å². The molecule has 0 aliphatic carbocycles. The Morgan fingerprint density at radius 3 is 2.43 bits per heavy atom. The zero-order chi connectivity index (χ0) is 28.0. The van der Waals surface area contributed by atoms with Crippen molar-refractivity contribution in [3.05, 3.63) is 41.5 Å². The zero-order valence-corrected chi connectivity index (χ0v) is 21.5. The SMILES string of the molecule is CC(NC(=O)CNC(=O)CCCCCN(C)C(=O)/C=C\C=O)C(=O)Nc1ccc(CS)cc1C(F)(F)F. The summed E-state index contributed by atoms with van der Waals surface area (Å²) in [6.45, 7) is 1.36. The molecule has 0 spiro atoms. The number of nitrogens with zero attached hydrogens (tertiary/aromatic N) is 1. The third-order valence-electron chi connectivity index (χ3n) is 5.14. The Hall–Kier alpha value is -3.35. The van der Waals surface area contributed by atoms with Gasteiger partial charge in [0, 0.05) is 31.8 Å². The van der Waals surface area contributed by atoms with Gasteiger partial charge < -0.3 is 20.9 Å². The summed E-state index contributed by atoms with van der Waals surface area (Å²) >= 11 is 3.96. The quantitative estimate of drug-likeness (QED) is 0.124. The molecule has 4 amide bonds. The minimum absolute atomic E-state index is 0.0923. The van der Waals surface area contributed by atoms with Crippen molar-refractivity contribution in [2.75, 3.05) is 25.5 Å². The fourth-order valence-electron chi connectivity index (χ4n) is 3.07. The lowest BCUT2D eigenvalue weighted by atomic mass is 10.1. The highest BCUT2D eigenvalue weighted by Crippen LogP contribution is 2.35. The van der Waals surface area contributed by atoms with Crippen LogP contribution < -0.4 is 16.0 Å². The number of rotatable bonds is 14. The fraction of sp³-hybridized carbons (Fsp3) is 0.458. The number of hydrogen-bond donors (Lipinski definition) is 4. The Morgan fingerprint density at radius 2 is 1.81 bits per heavy atom. The Morgan fingerprint density at radius 1 is 1.11 bits per heavy atom. The maximum Gasteiger partial charge on any atom is 0.418 e. The smallest absolute Gasteiger partial charge is 0.347 e. The van der Waals surface area contributed by atoms with E-state index in [1.54, 1.807) is 7.05 Å². The molecule has 1 atom stereocenters. The summed E-state index contributed by atoms with van der Waals surface area (Å²) < 4.78 is 40.0. The maximum atomic E-state index is 13.3. The minimum Gasteiger partial charge on any atom is -0.347 e. The number of likely N-dealkylation sites (N-methyl/N-ethyl adjacent to an activating group) is 1. The van der Waals surface area contributed by atoms with Gasteiger partial charge in [-0.05, 0) is 43.5 Å². The van der Waals surface area contributed by atoms with Gasteiger partial charge in [-0.25, -0.2) is 0 Å². The van der Waals surface area contributed by atoms with Crippen molar-refractivity contribution in [3.63, 3.8) is 0 Å². The number of carbonyl (C=O) groups excluding carboxylic acids is 5. The molecule has 1 aromatic carbocycles. The molecule has 204 valence electrons. The van der Waals surface area contributed by atoms with E-state index in [2.05, 4.69) is 28.6 Å². The first-order valence-corrected chi connectivity index (χ1v) is 12.1. The lowest BCUT2D eigenvalue weighted by molar-refractivity contribution is -0.137. The van der Waals surface area contributed by atoms with Crippen LogP contribution in [-0.4, -0.2) is 61.0 Å². The van der Waals surface area contributed by atoms with Crippen LogP contribution in [0.25, 0.3) is 0 Å². The van der Waals surface area contributed by atoms with Gasteiger partial charge in [-0.1, -0.05) is 12.5 Å². The van der Waals surface area contributed by atoms with Crippen molar-refractivity contribution >= 4 is 48.2 Å². The molecule has 37 heavy (non-hydrogen) atoms. The van der Waals surface area contributed by atoms with Gasteiger partial charge in [-0.3, -0.25) is 24.0 Å². The Kier molecular flexibility index (Phi) is 13.4. The lowest BCUT2D eigenvalue weighted by Gasteiger charge is -2.18. The number of carbonyl (C=O) groups is 5. The second-order valence-electron chi connectivity index (χ2n) is 8.16. The fourth-order valence-corrected chi connectivity index (χ4v) is 3.27. The van der Waals surface area contributed by atoms with Gasteiger partial charge in [0.05, 0.1) is 17.8 Å². The van der Waals surface area contributed by atoms with Gasteiger partial charge in [0.15, 0.2) is 0 Å². The molecule has 0 radical (unpaired) electrons. The second kappa shape index (κ2) is 15.7. The summed E-state index contributed by atoms with van der Waals surface area (Å²) in [4.78, 5) is 59.6. The highest BCUT2D eigenvalue weighted by atomic mass is 32.1. The van der Waals surface area contributed by atoms with Crippen LogP contribution in [0.15, 0.2) is 30.4 Å². The van der Waals surface area contributed by atoms with Crippen molar-refractivity contribution < 1.29 is 37.1 Å². The molecule has 1 aromatic rings. The topological polar surface area (TPSA) is 125 Å². The minimum atomic E-state index is -4.69. The number of amides is 4. The van der Waals surface area contributed by atoms with Crippen LogP contribution in [0, 0.1) is 0 Å². The molecule has 0 saturated heterocycles. The van der Waals surface area contributed by atoms with Crippen molar-refractivity contribution in [1.29, 1.82) is 0 Å². The van der Waals surface area contributed by atoms with Gasteiger partial charge >= 0.3 is 6.18 Å². The summed E-state index contributed by atoms with van der Waals surface area (Å²) in [5.41, 5.74) is -1.13. The van der Waals surface area contributed by atoms with E-state index >= 15 is 0 Å². The molecule has 13 heteroatoms. The highest BCUT2D eigenvalue weighted by molar-refractivity contribution is 7.79. The van der Waals surface area contributed by atoms with Crippen molar-refractivity contribution in [3.8, 4) is 0 Å². The predicted octanol–water partition coefficient (Wildman–Crippen LogP) is 2.47. The lowest BCUT2D eigenvalue weighted by Crippen LogP contribution is -2.46. The van der Waals surface area contributed by atoms with Crippen molar-refractivity contribution in [2.24, 2.45) is 0 Å². The molecule has 9 nitrogen and oxygen atoms in total. The predicted molar refractivity (Wildman–Crippen MR) is 135 cm³/mol. The molecule has 3 N–H and O–H groups in total. The van der Waals surface area contributed by atoms with E-state index in [4.69, 9.17) is 0 Å². The number of hydrogen-bond acceptors (Lipinski definition) is 6. The molecule has 0 fully saturated rings. The van der Waals surface area contributed by atoms with Crippen LogP contribution in [0.3, 0.4) is 0 Å². The van der Waals surface area contributed by atoms with Gasteiger partial charge in [0.2, 0.25) is 23.6 Å². The Balaban J connectivity index is 2.40. The molecule has 1 rings (SSSR count). The number of aldehydes is 1. The number of halogens is 3. The van der Waals surface area contributed by atoms with E-state index in [1.807, 2.05) is 0 Å². The number of benzene rings is 1. The number of thiol groups is 1.